The smallest absolute Gasteiger partial charge is 0.271 e. The van der Waals surface area contributed by atoms with E-state index in [1.807, 2.05) is 0 Å². The summed E-state index contributed by atoms with van der Waals surface area (Å²) in [5, 5.41) is 1.64. The molecule has 2 rings (SSSR count). The number of aromatic nitrogens is 1. The molecule has 0 atom stereocenters. The highest BCUT2D eigenvalue weighted by molar-refractivity contribution is 9.11. The van der Waals surface area contributed by atoms with E-state index >= 15 is 0 Å². The van der Waals surface area contributed by atoms with E-state index in [1.165, 1.54) is 5.06 Å². The summed E-state index contributed by atoms with van der Waals surface area (Å²) < 4.78 is 37.2. The van der Waals surface area contributed by atoms with Gasteiger partial charge in [0.15, 0.2) is 5.69 Å². The lowest BCUT2D eigenvalue weighted by atomic mass is 10.5. The van der Waals surface area contributed by atoms with Crippen LogP contribution in [0.2, 0.25) is 0 Å². The number of alkyl halides is 3. The molecule has 8 heteroatoms. The van der Waals surface area contributed by atoms with Gasteiger partial charge in [-0.1, -0.05) is 11.3 Å². The zero-order valence-corrected chi connectivity index (χ0v) is 9.75. The van der Waals surface area contributed by atoms with Crippen LogP contribution in [0.15, 0.2) is 3.79 Å². The third-order valence-electron chi connectivity index (χ3n) is 1.81. The van der Waals surface area contributed by atoms with Crippen LogP contribution in [0.3, 0.4) is 0 Å². The van der Waals surface area contributed by atoms with E-state index in [9.17, 15) is 13.2 Å². The fourth-order valence-corrected chi connectivity index (χ4v) is 2.72. The van der Waals surface area contributed by atoms with Gasteiger partial charge in [-0.3, -0.25) is 4.84 Å². The lowest BCUT2D eigenvalue weighted by Gasteiger charge is -2.10. The van der Waals surface area contributed by atoms with Crippen molar-refractivity contribution < 1.29 is 18.0 Å². The highest BCUT2D eigenvalue weighted by Gasteiger charge is 2.38. The summed E-state index contributed by atoms with van der Waals surface area (Å²) in [5.41, 5.74) is -0.891. The van der Waals surface area contributed by atoms with Crippen LogP contribution >= 0.6 is 27.3 Å². The Morgan fingerprint density at radius 2 is 2.20 bits per heavy atom. The van der Waals surface area contributed by atoms with Gasteiger partial charge >= 0.3 is 6.18 Å². The van der Waals surface area contributed by atoms with Crippen molar-refractivity contribution in [3.8, 4) is 0 Å². The first-order valence-electron chi connectivity index (χ1n) is 4.12. The predicted molar refractivity (Wildman–Crippen MR) is 52.7 cm³/mol. The van der Waals surface area contributed by atoms with Crippen molar-refractivity contribution in [2.75, 3.05) is 18.2 Å². The quantitative estimate of drug-likeness (QED) is 0.797. The maximum absolute atomic E-state index is 12.4. The number of anilines is 1. The Labute approximate surface area is 95.9 Å². The number of thiazole rings is 1. The number of halogens is 4. The molecule has 0 amide bonds. The van der Waals surface area contributed by atoms with Gasteiger partial charge in [-0.15, -0.1) is 0 Å². The fourth-order valence-electron chi connectivity index (χ4n) is 1.17. The Hall–Kier alpha value is -0.340. The summed E-state index contributed by atoms with van der Waals surface area (Å²) in [5.74, 6) is 0. The molecule has 1 aromatic heterocycles. The summed E-state index contributed by atoms with van der Waals surface area (Å²) in [6.07, 6.45) is -3.62. The highest BCUT2D eigenvalue weighted by Crippen LogP contribution is 2.40. The van der Waals surface area contributed by atoms with Crippen LogP contribution in [0.1, 0.15) is 12.1 Å². The van der Waals surface area contributed by atoms with Crippen molar-refractivity contribution in [1.29, 1.82) is 0 Å². The van der Waals surface area contributed by atoms with Crippen LogP contribution in [0.25, 0.3) is 0 Å². The van der Waals surface area contributed by atoms with E-state index in [0.29, 0.717) is 13.2 Å². The molecule has 1 aliphatic heterocycles. The molecule has 0 saturated carbocycles. The van der Waals surface area contributed by atoms with Crippen LogP contribution in [0.5, 0.6) is 0 Å². The monoisotopic (exact) mass is 302 g/mol. The Kier molecular flexibility index (Phi) is 2.91. The van der Waals surface area contributed by atoms with Crippen LogP contribution < -0.4 is 5.06 Å². The standard InChI is InChI=1S/C7H6BrF3N2OS/c8-5-4(7(9,10)11)12-6(15-5)13-2-1-3-14-13/h1-3H2. The van der Waals surface area contributed by atoms with Gasteiger partial charge < -0.3 is 0 Å². The van der Waals surface area contributed by atoms with Crippen molar-refractivity contribution in [3.63, 3.8) is 0 Å². The summed E-state index contributed by atoms with van der Waals surface area (Å²) >= 11 is 3.78. The number of hydrogen-bond acceptors (Lipinski definition) is 4. The fraction of sp³-hybridized carbons (Fsp3) is 0.571. The molecule has 0 unspecified atom stereocenters. The van der Waals surface area contributed by atoms with Gasteiger partial charge in [0, 0.05) is 0 Å². The predicted octanol–water partition coefficient (Wildman–Crippen LogP) is 3.07. The second-order valence-electron chi connectivity index (χ2n) is 2.91. The summed E-state index contributed by atoms with van der Waals surface area (Å²) in [6.45, 7) is 1.11. The normalized spacial score (nSPS) is 17.5. The van der Waals surface area contributed by atoms with E-state index < -0.39 is 11.9 Å². The number of hydrogen-bond donors (Lipinski definition) is 0. The topological polar surface area (TPSA) is 25.4 Å². The Morgan fingerprint density at radius 1 is 1.47 bits per heavy atom. The van der Waals surface area contributed by atoms with Gasteiger partial charge in [-0.2, -0.15) is 13.2 Å². The van der Waals surface area contributed by atoms with E-state index in [1.54, 1.807) is 0 Å². The molecule has 0 bridgehead atoms. The Balaban J connectivity index is 2.28. The minimum absolute atomic E-state index is 0.0134. The van der Waals surface area contributed by atoms with Crippen LogP contribution in [-0.2, 0) is 11.0 Å². The molecule has 2 heterocycles. The number of nitrogens with zero attached hydrogens (tertiary/aromatic N) is 2. The van der Waals surface area contributed by atoms with E-state index in [0.717, 1.165) is 17.8 Å². The van der Waals surface area contributed by atoms with Crippen molar-refractivity contribution in [2.45, 2.75) is 12.6 Å². The average molecular weight is 303 g/mol. The maximum Gasteiger partial charge on any atom is 0.435 e. The second kappa shape index (κ2) is 3.91. The third-order valence-corrected chi connectivity index (χ3v) is 3.52. The molecule has 0 aliphatic carbocycles. The number of hydroxylamine groups is 1. The van der Waals surface area contributed by atoms with Gasteiger partial charge in [0.2, 0.25) is 5.13 Å². The van der Waals surface area contributed by atoms with Gasteiger partial charge in [0.1, 0.15) is 3.79 Å². The van der Waals surface area contributed by atoms with E-state index in [4.69, 9.17) is 4.84 Å². The lowest BCUT2D eigenvalue weighted by Crippen LogP contribution is -2.16. The highest BCUT2D eigenvalue weighted by atomic mass is 79.9. The van der Waals surface area contributed by atoms with E-state index in [-0.39, 0.29) is 8.92 Å². The molecule has 84 valence electrons. The van der Waals surface area contributed by atoms with E-state index in [2.05, 4.69) is 20.9 Å². The molecule has 0 radical (unpaired) electrons. The molecule has 0 aromatic carbocycles. The molecule has 15 heavy (non-hydrogen) atoms. The molecular formula is C7H6BrF3N2OS. The molecular weight excluding hydrogens is 297 g/mol. The van der Waals surface area contributed by atoms with Crippen molar-refractivity contribution >= 4 is 32.4 Å². The molecule has 1 aromatic rings. The van der Waals surface area contributed by atoms with Gasteiger partial charge in [0.25, 0.3) is 0 Å². The van der Waals surface area contributed by atoms with Crippen LogP contribution in [0.4, 0.5) is 18.3 Å². The second-order valence-corrected chi connectivity index (χ2v) is 5.20. The minimum Gasteiger partial charge on any atom is -0.271 e. The molecule has 1 aliphatic rings. The zero-order chi connectivity index (χ0) is 11.1. The number of rotatable bonds is 1. The lowest BCUT2D eigenvalue weighted by molar-refractivity contribution is -0.141. The average Bonchev–Trinajstić information content (AvgIpc) is 2.68. The third kappa shape index (κ3) is 2.26. The first kappa shape index (κ1) is 11.2. The molecule has 0 spiro atoms. The first-order valence-corrected chi connectivity index (χ1v) is 5.73. The van der Waals surface area contributed by atoms with Crippen LogP contribution in [-0.4, -0.2) is 18.1 Å². The summed E-state index contributed by atoms with van der Waals surface area (Å²) in [7, 11) is 0. The van der Waals surface area contributed by atoms with Gasteiger partial charge in [-0.05, 0) is 22.4 Å². The maximum atomic E-state index is 12.4. The molecule has 1 fully saturated rings. The molecule has 3 nitrogen and oxygen atoms in total. The van der Waals surface area contributed by atoms with Crippen molar-refractivity contribution in [1.82, 2.24) is 4.98 Å². The van der Waals surface area contributed by atoms with Crippen molar-refractivity contribution in [3.05, 3.63) is 9.48 Å². The molecule has 0 N–H and O–H groups in total. The van der Waals surface area contributed by atoms with Gasteiger partial charge in [-0.25, -0.2) is 10.0 Å². The van der Waals surface area contributed by atoms with Gasteiger partial charge in [0.05, 0.1) is 13.2 Å². The SMILES string of the molecule is FC(F)(F)c1nc(N2CCCO2)sc1Br. The van der Waals surface area contributed by atoms with Crippen molar-refractivity contribution in [2.24, 2.45) is 0 Å². The Bertz CT molecular complexity index is 362. The summed E-state index contributed by atoms with van der Waals surface area (Å²) in [4.78, 5) is 8.62. The Morgan fingerprint density at radius 3 is 2.67 bits per heavy atom. The first-order chi connectivity index (χ1) is 6.98. The van der Waals surface area contributed by atoms with Crippen LogP contribution in [0, 0.1) is 0 Å². The summed E-state index contributed by atoms with van der Waals surface area (Å²) in [6, 6.07) is 0. The molecule has 1 saturated heterocycles. The largest absolute Gasteiger partial charge is 0.435 e. The zero-order valence-electron chi connectivity index (χ0n) is 7.34. The minimum atomic E-state index is -4.42.